The summed E-state index contributed by atoms with van der Waals surface area (Å²) in [4.78, 5) is 11.6. The zero-order valence-corrected chi connectivity index (χ0v) is 13.7. The maximum absolute atomic E-state index is 11.6. The monoisotopic (exact) mass is 321 g/mol. The molecule has 0 aromatic heterocycles. The summed E-state index contributed by atoms with van der Waals surface area (Å²) in [5.74, 6) is 0.140. The van der Waals surface area contributed by atoms with Gasteiger partial charge in [0.1, 0.15) is 0 Å². The van der Waals surface area contributed by atoms with Gasteiger partial charge < -0.3 is 16.0 Å². The highest BCUT2D eigenvalue weighted by molar-refractivity contribution is 5.85. The van der Waals surface area contributed by atoms with Crippen molar-refractivity contribution in [1.82, 2.24) is 10.6 Å². The van der Waals surface area contributed by atoms with E-state index in [4.69, 9.17) is 0 Å². The van der Waals surface area contributed by atoms with E-state index in [0.717, 1.165) is 18.7 Å². The molecule has 1 atom stereocenters. The number of anilines is 1. The molecule has 0 aliphatic rings. The molecular weight excluding hydrogens is 297 g/mol. The number of rotatable bonds is 8. The van der Waals surface area contributed by atoms with E-state index in [-0.39, 0.29) is 36.6 Å². The molecule has 0 fully saturated rings. The summed E-state index contributed by atoms with van der Waals surface area (Å²) in [6, 6.07) is 10.1. The van der Waals surface area contributed by atoms with Gasteiger partial charge in [-0.3, -0.25) is 4.79 Å². The molecule has 0 bridgehead atoms. The minimum atomic E-state index is 0. The van der Waals surface area contributed by atoms with Crippen LogP contribution >= 0.6 is 24.8 Å². The molecule has 0 saturated heterocycles. The van der Waals surface area contributed by atoms with E-state index in [1.807, 2.05) is 44.3 Å². The van der Waals surface area contributed by atoms with Crippen LogP contribution in [0.1, 0.15) is 13.3 Å². The van der Waals surface area contributed by atoms with E-state index >= 15 is 0 Å². The van der Waals surface area contributed by atoms with Crippen LogP contribution in [0.4, 0.5) is 5.69 Å². The van der Waals surface area contributed by atoms with Crippen molar-refractivity contribution in [2.45, 2.75) is 13.3 Å². The van der Waals surface area contributed by atoms with Crippen LogP contribution in [0, 0.1) is 5.92 Å². The number of benzene rings is 1. The van der Waals surface area contributed by atoms with Crippen LogP contribution in [-0.2, 0) is 4.79 Å². The molecule has 1 unspecified atom stereocenters. The Kier molecular flexibility index (Phi) is 13.9. The first kappa shape index (κ1) is 21.3. The fourth-order valence-corrected chi connectivity index (χ4v) is 1.66. The first-order valence-corrected chi connectivity index (χ1v) is 6.45. The average Bonchev–Trinajstić information content (AvgIpc) is 2.39. The quantitative estimate of drug-likeness (QED) is 0.644. The number of carbonyl (C=O) groups is 1. The van der Waals surface area contributed by atoms with Gasteiger partial charge in [-0.2, -0.15) is 0 Å². The van der Waals surface area contributed by atoms with Gasteiger partial charge in [0.15, 0.2) is 0 Å². The van der Waals surface area contributed by atoms with Crippen LogP contribution in [0.2, 0.25) is 0 Å². The van der Waals surface area contributed by atoms with Crippen LogP contribution in [-0.4, -0.2) is 32.6 Å². The predicted molar refractivity (Wildman–Crippen MR) is 90.1 cm³/mol. The zero-order valence-electron chi connectivity index (χ0n) is 12.0. The Morgan fingerprint density at radius 3 is 2.40 bits per heavy atom. The highest BCUT2D eigenvalue weighted by atomic mass is 35.5. The smallest absolute Gasteiger partial charge is 0.224 e. The van der Waals surface area contributed by atoms with Crippen molar-refractivity contribution in [3.63, 3.8) is 0 Å². The fourth-order valence-electron chi connectivity index (χ4n) is 1.66. The van der Waals surface area contributed by atoms with Crippen LogP contribution in [0.15, 0.2) is 30.3 Å². The SMILES string of the molecule is CNCC(C)C(=O)NCCCNc1ccccc1.Cl.Cl. The fraction of sp³-hybridized carbons (Fsp3) is 0.500. The summed E-state index contributed by atoms with van der Waals surface area (Å²) in [6.07, 6.45) is 0.924. The van der Waals surface area contributed by atoms with Crippen LogP contribution in [0.25, 0.3) is 0 Å². The highest BCUT2D eigenvalue weighted by Crippen LogP contribution is 2.04. The molecule has 0 aliphatic carbocycles. The van der Waals surface area contributed by atoms with E-state index in [1.54, 1.807) is 0 Å². The lowest BCUT2D eigenvalue weighted by atomic mass is 10.1. The normalized spacial score (nSPS) is 10.7. The molecule has 0 aliphatic heterocycles. The molecule has 1 aromatic carbocycles. The van der Waals surface area contributed by atoms with Gasteiger partial charge in [0.2, 0.25) is 5.91 Å². The highest BCUT2D eigenvalue weighted by Gasteiger charge is 2.09. The summed E-state index contributed by atoms with van der Waals surface area (Å²) in [6.45, 7) is 4.22. The van der Waals surface area contributed by atoms with Gasteiger partial charge in [0.05, 0.1) is 0 Å². The van der Waals surface area contributed by atoms with Gasteiger partial charge in [0.25, 0.3) is 0 Å². The molecule has 1 amide bonds. The molecule has 0 saturated carbocycles. The standard InChI is InChI=1S/C14H23N3O.2ClH/c1-12(11-15-2)14(18)17-10-6-9-16-13-7-4-3-5-8-13;;/h3-5,7-8,12,15-16H,6,9-11H2,1-2H3,(H,17,18);2*1H. The number of para-hydroxylation sites is 1. The van der Waals surface area contributed by atoms with Crippen molar-refractivity contribution in [3.8, 4) is 0 Å². The number of hydrogen-bond donors (Lipinski definition) is 3. The van der Waals surface area contributed by atoms with Crippen molar-refractivity contribution >= 4 is 36.4 Å². The van der Waals surface area contributed by atoms with Crippen LogP contribution in [0.5, 0.6) is 0 Å². The summed E-state index contributed by atoms with van der Waals surface area (Å²) in [7, 11) is 1.85. The van der Waals surface area contributed by atoms with Gasteiger partial charge in [-0.15, -0.1) is 24.8 Å². The lowest BCUT2D eigenvalue weighted by molar-refractivity contribution is -0.124. The second-order valence-electron chi connectivity index (χ2n) is 4.40. The van der Waals surface area contributed by atoms with Crippen molar-refractivity contribution in [1.29, 1.82) is 0 Å². The Morgan fingerprint density at radius 2 is 1.80 bits per heavy atom. The number of amides is 1. The Hall–Kier alpha value is -0.970. The van der Waals surface area contributed by atoms with E-state index < -0.39 is 0 Å². The first-order valence-electron chi connectivity index (χ1n) is 6.45. The minimum absolute atomic E-state index is 0. The zero-order chi connectivity index (χ0) is 13.2. The van der Waals surface area contributed by atoms with Crippen LogP contribution < -0.4 is 16.0 Å². The third-order valence-corrected chi connectivity index (χ3v) is 2.71. The molecule has 0 heterocycles. The molecule has 1 aromatic rings. The third kappa shape index (κ3) is 9.02. The van der Waals surface area contributed by atoms with Gasteiger partial charge in [0, 0.05) is 31.2 Å². The number of hydrogen-bond acceptors (Lipinski definition) is 3. The molecular formula is C14H25Cl2N3O. The summed E-state index contributed by atoms with van der Waals surface area (Å²) in [5.41, 5.74) is 1.12. The second kappa shape index (κ2) is 13.0. The van der Waals surface area contributed by atoms with E-state index in [0.29, 0.717) is 13.1 Å². The van der Waals surface area contributed by atoms with E-state index in [2.05, 4.69) is 16.0 Å². The average molecular weight is 322 g/mol. The Balaban J connectivity index is 0. The lowest BCUT2D eigenvalue weighted by Crippen LogP contribution is -2.35. The van der Waals surface area contributed by atoms with E-state index in [9.17, 15) is 4.79 Å². The largest absolute Gasteiger partial charge is 0.385 e. The minimum Gasteiger partial charge on any atom is -0.385 e. The van der Waals surface area contributed by atoms with Gasteiger partial charge in [-0.1, -0.05) is 25.1 Å². The molecule has 0 spiro atoms. The molecule has 4 nitrogen and oxygen atoms in total. The summed E-state index contributed by atoms with van der Waals surface area (Å²) >= 11 is 0. The molecule has 6 heteroatoms. The Morgan fingerprint density at radius 1 is 1.15 bits per heavy atom. The number of carbonyl (C=O) groups excluding carboxylic acids is 1. The molecule has 0 radical (unpaired) electrons. The second-order valence-corrected chi connectivity index (χ2v) is 4.40. The summed E-state index contributed by atoms with van der Waals surface area (Å²) in [5, 5.41) is 9.24. The Bertz CT molecular complexity index is 350. The van der Waals surface area contributed by atoms with Crippen molar-refractivity contribution in [2.24, 2.45) is 5.92 Å². The molecule has 20 heavy (non-hydrogen) atoms. The summed E-state index contributed by atoms with van der Waals surface area (Å²) < 4.78 is 0. The van der Waals surface area contributed by atoms with Gasteiger partial charge >= 0.3 is 0 Å². The van der Waals surface area contributed by atoms with Crippen molar-refractivity contribution in [3.05, 3.63) is 30.3 Å². The van der Waals surface area contributed by atoms with Gasteiger partial charge in [-0.05, 0) is 25.6 Å². The van der Waals surface area contributed by atoms with Crippen molar-refractivity contribution in [2.75, 3.05) is 32.0 Å². The third-order valence-electron chi connectivity index (χ3n) is 2.71. The lowest BCUT2D eigenvalue weighted by Gasteiger charge is -2.11. The molecule has 1 rings (SSSR count). The molecule has 116 valence electrons. The van der Waals surface area contributed by atoms with E-state index in [1.165, 1.54) is 0 Å². The van der Waals surface area contributed by atoms with Gasteiger partial charge in [-0.25, -0.2) is 0 Å². The maximum atomic E-state index is 11.6. The van der Waals surface area contributed by atoms with Crippen LogP contribution in [0.3, 0.4) is 0 Å². The topological polar surface area (TPSA) is 53.2 Å². The number of halogens is 2. The molecule has 3 N–H and O–H groups in total. The maximum Gasteiger partial charge on any atom is 0.224 e. The number of nitrogens with one attached hydrogen (secondary N) is 3. The van der Waals surface area contributed by atoms with Crippen molar-refractivity contribution < 1.29 is 4.79 Å². The Labute approximate surface area is 133 Å². The predicted octanol–water partition coefficient (Wildman–Crippen LogP) is 2.30. The first-order chi connectivity index (χ1) is 8.74.